The topological polar surface area (TPSA) is 55.1 Å². The van der Waals surface area contributed by atoms with Crippen LogP contribution >= 0.6 is 23.4 Å². The first-order valence-corrected chi connectivity index (χ1v) is 8.45. The molecule has 0 radical (unpaired) electrons. The molecule has 1 fully saturated rings. The van der Waals surface area contributed by atoms with Crippen LogP contribution in [0.1, 0.15) is 36.5 Å². The molecule has 0 spiro atoms. The van der Waals surface area contributed by atoms with Crippen molar-refractivity contribution in [1.29, 1.82) is 0 Å². The maximum absolute atomic E-state index is 12.5. The van der Waals surface area contributed by atoms with Gasteiger partial charge in [-0.2, -0.15) is 0 Å². The Hall–Kier alpha value is -0.710. The third-order valence-corrected chi connectivity index (χ3v) is 4.96. The van der Waals surface area contributed by atoms with Crippen LogP contribution in [0.5, 0.6) is 0 Å². The molecule has 110 valence electrons. The summed E-state index contributed by atoms with van der Waals surface area (Å²) in [6.07, 6.45) is 3.26. The molecule has 1 aliphatic carbocycles. The number of rotatable bonds is 5. The second-order valence-electron chi connectivity index (χ2n) is 5.08. The highest BCUT2D eigenvalue weighted by molar-refractivity contribution is 7.99. The monoisotopic (exact) mass is 312 g/mol. The van der Waals surface area contributed by atoms with Crippen molar-refractivity contribution < 1.29 is 4.79 Å². The Morgan fingerprint density at radius 1 is 1.50 bits per heavy atom. The average Bonchev–Trinajstić information content (AvgIpc) is 2.88. The Bertz CT molecular complexity index is 481. The number of hydrogen-bond donors (Lipinski definition) is 2. The molecule has 3 nitrogen and oxygen atoms in total. The maximum atomic E-state index is 12.5. The van der Waals surface area contributed by atoms with Gasteiger partial charge in [-0.05, 0) is 49.3 Å². The van der Waals surface area contributed by atoms with E-state index in [1.807, 2.05) is 12.1 Å². The van der Waals surface area contributed by atoms with Gasteiger partial charge in [0.25, 0.3) is 5.91 Å². The van der Waals surface area contributed by atoms with Crippen LogP contribution in [-0.2, 0) is 0 Å². The maximum Gasteiger partial charge on any atom is 0.252 e. The van der Waals surface area contributed by atoms with Gasteiger partial charge in [0.2, 0.25) is 0 Å². The molecule has 2 atom stereocenters. The SMILES string of the molecule is CCSc1ccc(Cl)cc1C(=O)NC1CCCC1CN. The number of nitrogens with two attached hydrogens (primary N) is 1. The Labute approximate surface area is 129 Å². The fraction of sp³-hybridized carbons (Fsp3) is 0.533. The molecule has 0 bridgehead atoms. The first-order chi connectivity index (χ1) is 9.65. The number of benzene rings is 1. The zero-order valence-corrected chi connectivity index (χ0v) is 13.3. The van der Waals surface area contributed by atoms with Crippen LogP contribution in [0.15, 0.2) is 23.1 Å². The van der Waals surface area contributed by atoms with Crippen LogP contribution in [0.2, 0.25) is 5.02 Å². The zero-order chi connectivity index (χ0) is 14.5. The van der Waals surface area contributed by atoms with Gasteiger partial charge in [0.15, 0.2) is 0 Å². The van der Waals surface area contributed by atoms with Crippen LogP contribution in [0.3, 0.4) is 0 Å². The molecule has 0 heterocycles. The lowest BCUT2D eigenvalue weighted by molar-refractivity contribution is 0.0926. The molecule has 0 saturated heterocycles. The second-order valence-corrected chi connectivity index (χ2v) is 6.82. The summed E-state index contributed by atoms with van der Waals surface area (Å²) in [7, 11) is 0. The molecule has 1 aromatic carbocycles. The third kappa shape index (κ3) is 3.68. The summed E-state index contributed by atoms with van der Waals surface area (Å²) < 4.78 is 0. The van der Waals surface area contributed by atoms with E-state index in [0.717, 1.165) is 29.9 Å². The Kier molecular flexibility index (Phi) is 5.75. The summed E-state index contributed by atoms with van der Waals surface area (Å²) in [4.78, 5) is 13.5. The van der Waals surface area contributed by atoms with Gasteiger partial charge in [-0.25, -0.2) is 0 Å². The van der Waals surface area contributed by atoms with Crippen molar-refractivity contribution in [3.05, 3.63) is 28.8 Å². The lowest BCUT2D eigenvalue weighted by Crippen LogP contribution is -2.40. The normalized spacial score (nSPS) is 21.9. The lowest BCUT2D eigenvalue weighted by atomic mass is 10.0. The van der Waals surface area contributed by atoms with E-state index in [1.54, 1.807) is 17.8 Å². The predicted octanol–water partition coefficient (Wildman–Crippen LogP) is 3.31. The number of thioether (sulfide) groups is 1. The summed E-state index contributed by atoms with van der Waals surface area (Å²) in [6, 6.07) is 5.70. The highest BCUT2D eigenvalue weighted by atomic mass is 35.5. The summed E-state index contributed by atoms with van der Waals surface area (Å²) >= 11 is 7.68. The molecule has 2 rings (SSSR count). The summed E-state index contributed by atoms with van der Waals surface area (Å²) in [6.45, 7) is 2.71. The van der Waals surface area contributed by atoms with Crippen molar-refractivity contribution in [1.82, 2.24) is 5.32 Å². The van der Waals surface area contributed by atoms with Gasteiger partial charge in [0.1, 0.15) is 0 Å². The van der Waals surface area contributed by atoms with E-state index in [-0.39, 0.29) is 11.9 Å². The minimum absolute atomic E-state index is 0.0335. The molecular weight excluding hydrogens is 292 g/mol. The van der Waals surface area contributed by atoms with E-state index >= 15 is 0 Å². The predicted molar refractivity (Wildman–Crippen MR) is 85.5 cm³/mol. The number of amides is 1. The van der Waals surface area contributed by atoms with Crippen molar-refractivity contribution >= 4 is 29.3 Å². The lowest BCUT2D eigenvalue weighted by Gasteiger charge is -2.20. The van der Waals surface area contributed by atoms with E-state index in [4.69, 9.17) is 17.3 Å². The fourth-order valence-corrected chi connectivity index (χ4v) is 3.67. The molecule has 0 aromatic heterocycles. The fourth-order valence-electron chi connectivity index (χ4n) is 2.72. The largest absolute Gasteiger partial charge is 0.349 e. The summed E-state index contributed by atoms with van der Waals surface area (Å²) in [5.41, 5.74) is 6.44. The Morgan fingerprint density at radius 3 is 3.00 bits per heavy atom. The summed E-state index contributed by atoms with van der Waals surface area (Å²) in [5.74, 6) is 1.30. The standard InChI is InChI=1S/C15H21ClN2OS/c1-2-20-14-7-6-11(16)8-12(14)15(19)18-13-5-3-4-10(13)9-17/h6-8,10,13H,2-5,9,17H2,1H3,(H,18,19). The Balaban J connectivity index is 2.13. The average molecular weight is 313 g/mol. The molecule has 1 aliphatic rings. The molecular formula is C15H21ClN2OS. The highest BCUT2D eigenvalue weighted by Crippen LogP contribution is 2.28. The van der Waals surface area contributed by atoms with Crippen LogP contribution in [0.25, 0.3) is 0 Å². The van der Waals surface area contributed by atoms with Crippen LogP contribution < -0.4 is 11.1 Å². The number of nitrogens with one attached hydrogen (secondary N) is 1. The van der Waals surface area contributed by atoms with Gasteiger partial charge in [0, 0.05) is 16.0 Å². The molecule has 5 heteroatoms. The van der Waals surface area contributed by atoms with E-state index in [0.29, 0.717) is 23.0 Å². The second kappa shape index (κ2) is 7.34. The highest BCUT2D eigenvalue weighted by Gasteiger charge is 2.28. The number of carbonyl (C=O) groups is 1. The molecule has 1 saturated carbocycles. The number of halogens is 1. The first kappa shape index (κ1) is 15.7. The smallest absolute Gasteiger partial charge is 0.252 e. The number of carbonyl (C=O) groups excluding carboxylic acids is 1. The van der Waals surface area contributed by atoms with Crippen LogP contribution in [-0.4, -0.2) is 24.2 Å². The van der Waals surface area contributed by atoms with Crippen molar-refractivity contribution in [3.63, 3.8) is 0 Å². The van der Waals surface area contributed by atoms with Gasteiger partial charge >= 0.3 is 0 Å². The van der Waals surface area contributed by atoms with Crippen LogP contribution in [0.4, 0.5) is 0 Å². The molecule has 2 unspecified atom stereocenters. The first-order valence-electron chi connectivity index (χ1n) is 7.09. The zero-order valence-electron chi connectivity index (χ0n) is 11.7. The number of hydrogen-bond acceptors (Lipinski definition) is 3. The van der Waals surface area contributed by atoms with Crippen molar-refractivity contribution in [3.8, 4) is 0 Å². The van der Waals surface area contributed by atoms with E-state index in [9.17, 15) is 4.79 Å². The van der Waals surface area contributed by atoms with Crippen LogP contribution in [0, 0.1) is 5.92 Å². The van der Waals surface area contributed by atoms with Crippen molar-refractivity contribution in [2.24, 2.45) is 11.7 Å². The van der Waals surface area contributed by atoms with Crippen molar-refractivity contribution in [2.45, 2.75) is 37.1 Å². The summed E-state index contributed by atoms with van der Waals surface area (Å²) in [5, 5.41) is 3.73. The minimum atomic E-state index is -0.0335. The van der Waals surface area contributed by atoms with Gasteiger partial charge in [-0.15, -0.1) is 11.8 Å². The molecule has 1 aromatic rings. The van der Waals surface area contributed by atoms with E-state index in [1.165, 1.54) is 0 Å². The molecule has 20 heavy (non-hydrogen) atoms. The van der Waals surface area contributed by atoms with E-state index in [2.05, 4.69) is 12.2 Å². The Morgan fingerprint density at radius 2 is 2.30 bits per heavy atom. The molecule has 3 N–H and O–H groups in total. The van der Waals surface area contributed by atoms with Gasteiger partial charge in [-0.3, -0.25) is 4.79 Å². The minimum Gasteiger partial charge on any atom is -0.349 e. The van der Waals surface area contributed by atoms with Gasteiger partial charge in [0.05, 0.1) is 5.56 Å². The van der Waals surface area contributed by atoms with Crippen molar-refractivity contribution in [2.75, 3.05) is 12.3 Å². The quantitative estimate of drug-likeness (QED) is 0.820. The van der Waals surface area contributed by atoms with E-state index < -0.39 is 0 Å². The third-order valence-electron chi connectivity index (χ3n) is 3.76. The molecule has 1 amide bonds. The van der Waals surface area contributed by atoms with Gasteiger partial charge in [-0.1, -0.05) is 24.9 Å². The molecule has 0 aliphatic heterocycles. The van der Waals surface area contributed by atoms with Gasteiger partial charge < -0.3 is 11.1 Å².